The van der Waals surface area contributed by atoms with Gasteiger partial charge in [0.15, 0.2) is 12.1 Å². The van der Waals surface area contributed by atoms with Crippen LogP contribution in [0.2, 0.25) is 0 Å². The van der Waals surface area contributed by atoms with E-state index >= 15 is 4.39 Å². The molecule has 3 rings (SSSR count). The number of rotatable bonds is 8. The quantitative estimate of drug-likeness (QED) is 0.451. The van der Waals surface area contributed by atoms with Gasteiger partial charge in [-0.1, -0.05) is 36.8 Å². The molecule has 32 heavy (non-hydrogen) atoms. The number of alkyl halides is 1. The molecule has 1 aromatic rings. The Morgan fingerprint density at radius 2 is 1.66 bits per heavy atom. The summed E-state index contributed by atoms with van der Waals surface area (Å²) in [4.78, 5) is 40.7. The minimum Gasteiger partial charge on any atom is -0.368 e. The van der Waals surface area contributed by atoms with Gasteiger partial charge in [0, 0.05) is 32.0 Å². The summed E-state index contributed by atoms with van der Waals surface area (Å²) in [7, 11) is 0. The summed E-state index contributed by atoms with van der Waals surface area (Å²) >= 11 is 0. The van der Waals surface area contributed by atoms with Crippen molar-refractivity contribution < 1.29 is 18.8 Å². The topological polar surface area (TPSA) is 95.7 Å². The third-order valence-electron chi connectivity index (χ3n) is 6.62. The minimum atomic E-state index is -1.41. The van der Waals surface area contributed by atoms with Crippen LogP contribution in [0.3, 0.4) is 0 Å². The summed E-state index contributed by atoms with van der Waals surface area (Å²) < 4.78 is 15.3. The minimum absolute atomic E-state index is 0. The van der Waals surface area contributed by atoms with Gasteiger partial charge < -0.3 is 11.1 Å². The number of halogens is 2. The molecule has 2 unspecified atom stereocenters. The van der Waals surface area contributed by atoms with E-state index in [1.807, 2.05) is 0 Å². The molecule has 2 atom stereocenters. The van der Waals surface area contributed by atoms with Crippen molar-refractivity contribution in [2.45, 2.75) is 63.3 Å². The van der Waals surface area contributed by atoms with Gasteiger partial charge in [-0.3, -0.25) is 24.2 Å². The van der Waals surface area contributed by atoms with Crippen molar-refractivity contribution in [1.29, 1.82) is 0 Å². The SMILES string of the molecule is CC(=O)NC(CC(F)N1CCC(C(N)=O)(N2CCCCC2)CC1)C(=O)c1ccccc1.Cl. The van der Waals surface area contributed by atoms with Gasteiger partial charge in [0.05, 0.1) is 6.04 Å². The molecule has 2 heterocycles. The standard InChI is InChI=1S/C23H33FN4O3.ClH/c1-17(29)26-19(21(30)18-8-4-2-5-9-18)16-20(24)27-14-10-23(11-15-27,22(25)31)28-12-6-3-7-13-28;/h2,4-5,8-9,19-20H,3,6-7,10-16H2,1H3,(H2,25,31)(H,26,29);1H. The summed E-state index contributed by atoms with van der Waals surface area (Å²) in [5, 5.41) is 2.60. The average molecular weight is 469 g/mol. The number of likely N-dealkylation sites (tertiary alicyclic amines) is 2. The zero-order chi connectivity index (χ0) is 22.4. The molecule has 3 N–H and O–H groups in total. The summed E-state index contributed by atoms with van der Waals surface area (Å²) in [6.07, 6.45) is 2.65. The number of amides is 2. The molecule has 0 spiro atoms. The van der Waals surface area contributed by atoms with Gasteiger partial charge in [-0.15, -0.1) is 12.4 Å². The van der Waals surface area contributed by atoms with Crippen LogP contribution in [0.4, 0.5) is 4.39 Å². The van der Waals surface area contributed by atoms with Crippen LogP contribution in [0.1, 0.15) is 55.8 Å². The highest BCUT2D eigenvalue weighted by atomic mass is 35.5. The third kappa shape index (κ3) is 6.05. The summed E-state index contributed by atoms with van der Waals surface area (Å²) in [6.45, 7) is 3.77. The maximum absolute atomic E-state index is 15.3. The van der Waals surface area contributed by atoms with Crippen LogP contribution in [0, 0.1) is 0 Å². The van der Waals surface area contributed by atoms with Gasteiger partial charge >= 0.3 is 0 Å². The van der Waals surface area contributed by atoms with Gasteiger partial charge in [-0.05, 0) is 38.8 Å². The second-order valence-electron chi connectivity index (χ2n) is 8.63. The van der Waals surface area contributed by atoms with E-state index in [2.05, 4.69) is 10.2 Å². The largest absolute Gasteiger partial charge is 0.368 e. The fourth-order valence-corrected chi connectivity index (χ4v) is 4.84. The first-order valence-corrected chi connectivity index (χ1v) is 11.1. The second kappa shape index (κ2) is 11.7. The molecule has 1 aromatic carbocycles. The van der Waals surface area contributed by atoms with Crippen LogP contribution in [0.15, 0.2) is 30.3 Å². The molecule has 0 aromatic heterocycles. The van der Waals surface area contributed by atoms with Crippen molar-refractivity contribution in [3.05, 3.63) is 35.9 Å². The Labute approximate surface area is 195 Å². The number of nitrogens with zero attached hydrogens (tertiary/aromatic N) is 2. The van der Waals surface area contributed by atoms with E-state index < -0.39 is 17.9 Å². The van der Waals surface area contributed by atoms with Gasteiger partial charge in [0.2, 0.25) is 11.8 Å². The number of primary amides is 1. The van der Waals surface area contributed by atoms with E-state index in [-0.39, 0.29) is 36.4 Å². The van der Waals surface area contributed by atoms with E-state index in [4.69, 9.17) is 5.73 Å². The summed E-state index contributed by atoms with van der Waals surface area (Å²) in [5.41, 5.74) is 5.53. The van der Waals surface area contributed by atoms with Crippen LogP contribution in [0.5, 0.6) is 0 Å². The van der Waals surface area contributed by atoms with Crippen molar-refractivity contribution in [3.63, 3.8) is 0 Å². The van der Waals surface area contributed by atoms with Gasteiger partial charge in [0.1, 0.15) is 5.54 Å². The van der Waals surface area contributed by atoms with Crippen molar-refractivity contribution in [2.75, 3.05) is 26.2 Å². The molecule has 7 nitrogen and oxygen atoms in total. The lowest BCUT2D eigenvalue weighted by Gasteiger charge is -2.48. The van der Waals surface area contributed by atoms with Crippen molar-refractivity contribution in [2.24, 2.45) is 5.73 Å². The number of benzene rings is 1. The first kappa shape index (κ1) is 26.2. The highest BCUT2D eigenvalue weighted by Crippen LogP contribution is 2.33. The van der Waals surface area contributed by atoms with E-state index in [0.717, 1.165) is 32.4 Å². The van der Waals surface area contributed by atoms with E-state index in [0.29, 0.717) is 31.5 Å². The molecule has 0 saturated carbocycles. The highest BCUT2D eigenvalue weighted by molar-refractivity contribution is 6.01. The molecular weight excluding hydrogens is 435 g/mol. The van der Waals surface area contributed by atoms with Crippen LogP contribution in [-0.4, -0.2) is 71.5 Å². The maximum Gasteiger partial charge on any atom is 0.238 e. The number of carbonyl (C=O) groups excluding carboxylic acids is 3. The van der Waals surface area contributed by atoms with Crippen molar-refractivity contribution in [1.82, 2.24) is 15.1 Å². The number of carbonyl (C=O) groups is 3. The number of hydrogen-bond acceptors (Lipinski definition) is 5. The molecule has 0 radical (unpaired) electrons. The lowest BCUT2D eigenvalue weighted by Crippen LogP contribution is -2.64. The molecule has 0 aliphatic carbocycles. The zero-order valence-electron chi connectivity index (χ0n) is 18.6. The molecule has 9 heteroatoms. The second-order valence-corrected chi connectivity index (χ2v) is 8.63. The third-order valence-corrected chi connectivity index (χ3v) is 6.62. The molecule has 0 bridgehead atoms. The van der Waals surface area contributed by atoms with E-state index in [1.165, 1.54) is 6.92 Å². The highest BCUT2D eigenvalue weighted by Gasteiger charge is 2.46. The molecule has 178 valence electrons. The van der Waals surface area contributed by atoms with Gasteiger partial charge in [-0.25, -0.2) is 4.39 Å². The number of nitrogens with one attached hydrogen (secondary N) is 1. The predicted octanol–water partition coefficient (Wildman–Crippen LogP) is 2.29. The predicted molar refractivity (Wildman–Crippen MR) is 123 cm³/mol. The monoisotopic (exact) mass is 468 g/mol. The number of ketones is 1. The van der Waals surface area contributed by atoms with Crippen molar-refractivity contribution >= 4 is 30.0 Å². The van der Waals surface area contributed by atoms with Crippen LogP contribution in [0.25, 0.3) is 0 Å². The Bertz CT molecular complexity index is 781. The van der Waals surface area contributed by atoms with Gasteiger partial charge in [0.25, 0.3) is 0 Å². The smallest absolute Gasteiger partial charge is 0.238 e. The molecule has 2 aliphatic heterocycles. The number of hydrogen-bond donors (Lipinski definition) is 2. The summed E-state index contributed by atoms with van der Waals surface area (Å²) in [5.74, 6) is -1.02. The molecule has 2 aliphatic rings. The van der Waals surface area contributed by atoms with E-state index in [1.54, 1.807) is 35.2 Å². The van der Waals surface area contributed by atoms with E-state index in [9.17, 15) is 14.4 Å². The maximum atomic E-state index is 15.3. The zero-order valence-corrected chi connectivity index (χ0v) is 19.4. The average Bonchev–Trinajstić information content (AvgIpc) is 2.79. The normalized spacial score (nSPS) is 21.1. The molecular formula is C23H34ClFN4O3. The Hall–Kier alpha value is -2.03. The Morgan fingerprint density at radius 3 is 2.19 bits per heavy atom. The molecule has 2 fully saturated rings. The van der Waals surface area contributed by atoms with Gasteiger partial charge in [-0.2, -0.15) is 0 Å². The van der Waals surface area contributed by atoms with Crippen LogP contribution in [-0.2, 0) is 9.59 Å². The van der Waals surface area contributed by atoms with Crippen molar-refractivity contribution in [3.8, 4) is 0 Å². The fraction of sp³-hybridized carbons (Fsp3) is 0.609. The first-order chi connectivity index (χ1) is 14.8. The Balaban J connectivity index is 0.00000363. The lowest BCUT2D eigenvalue weighted by molar-refractivity contribution is -0.136. The van der Waals surface area contributed by atoms with Crippen LogP contribution < -0.4 is 11.1 Å². The Kier molecular flexibility index (Phi) is 9.61. The molecule has 2 amide bonds. The fourth-order valence-electron chi connectivity index (χ4n) is 4.84. The number of piperidine rings is 2. The van der Waals surface area contributed by atoms with Crippen LogP contribution >= 0.6 is 12.4 Å². The lowest BCUT2D eigenvalue weighted by atomic mass is 9.83. The first-order valence-electron chi connectivity index (χ1n) is 11.1. The molecule has 2 saturated heterocycles. The number of nitrogens with two attached hydrogens (primary N) is 1. The number of Topliss-reactive ketones (excluding diaryl/α,β-unsaturated/α-hetero) is 1. The Morgan fingerprint density at radius 1 is 1.06 bits per heavy atom. The summed E-state index contributed by atoms with van der Waals surface area (Å²) in [6, 6.07) is 7.64.